The molecule has 1 heterocycles. The van der Waals surface area contributed by atoms with Crippen molar-refractivity contribution in [3.05, 3.63) is 24.3 Å². The van der Waals surface area contributed by atoms with Crippen molar-refractivity contribution in [1.29, 1.82) is 0 Å². The third kappa shape index (κ3) is 5.31. The number of hydrogen-bond donors (Lipinski definition) is 1. The predicted octanol–water partition coefficient (Wildman–Crippen LogP) is 3.63. The number of amides is 1. The summed E-state index contributed by atoms with van der Waals surface area (Å²) in [6.45, 7) is 7.19. The highest BCUT2D eigenvalue weighted by Gasteiger charge is 2.25. The van der Waals surface area contributed by atoms with Gasteiger partial charge in [0.05, 0.1) is 4.90 Å². The molecule has 0 radical (unpaired) electrons. The summed E-state index contributed by atoms with van der Waals surface area (Å²) in [5, 5.41) is 2.82. The van der Waals surface area contributed by atoms with Crippen molar-refractivity contribution in [3.63, 3.8) is 0 Å². The molecule has 1 aromatic carbocycles. The Morgan fingerprint density at radius 3 is 2.08 bits per heavy atom. The highest BCUT2D eigenvalue weighted by molar-refractivity contribution is 7.89. The number of rotatable bonds is 4. The van der Waals surface area contributed by atoms with Gasteiger partial charge in [0.25, 0.3) is 0 Å². The van der Waals surface area contributed by atoms with Gasteiger partial charge < -0.3 is 5.32 Å². The van der Waals surface area contributed by atoms with Crippen LogP contribution in [0.4, 0.5) is 5.69 Å². The van der Waals surface area contributed by atoms with Gasteiger partial charge in [-0.15, -0.1) is 0 Å². The van der Waals surface area contributed by atoms with Crippen LogP contribution in [-0.4, -0.2) is 31.7 Å². The molecule has 1 aromatic rings. The van der Waals surface area contributed by atoms with Crippen molar-refractivity contribution in [1.82, 2.24) is 4.31 Å². The molecule has 1 aliphatic heterocycles. The van der Waals surface area contributed by atoms with Gasteiger partial charge in [-0.25, -0.2) is 8.42 Å². The van der Waals surface area contributed by atoms with Gasteiger partial charge in [-0.1, -0.05) is 33.6 Å². The topological polar surface area (TPSA) is 66.5 Å². The van der Waals surface area contributed by atoms with E-state index in [0.717, 1.165) is 25.7 Å². The molecule has 0 bridgehead atoms. The Labute approximate surface area is 145 Å². The van der Waals surface area contributed by atoms with E-state index in [1.54, 1.807) is 28.6 Å². The van der Waals surface area contributed by atoms with Crippen molar-refractivity contribution in [3.8, 4) is 0 Å². The Balaban J connectivity index is 2.06. The van der Waals surface area contributed by atoms with E-state index in [4.69, 9.17) is 0 Å². The first kappa shape index (κ1) is 18.9. The molecule has 0 aromatic heterocycles. The first-order valence-corrected chi connectivity index (χ1v) is 10.0. The minimum atomic E-state index is -3.44. The fourth-order valence-corrected chi connectivity index (χ4v) is 4.35. The number of nitrogens with one attached hydrogen (secondary N) is 1. The van der Waals surface area contributed by atoms with Gasteiger partial charge >= 0.3 is 0 Å². The van der Waals surface area contributed by atoms with E-state index in [-0.39, 0.29) is 11.3 Å². The molecule has 1 N–H and O–H groups in total. The van der Waals surface area contributed by atoms with E-state index in [2.05, 4.69) is 5.32 Å². The van der Waals surface area contributed by atoms with E-state index < -0.39 is 10.0 Å². The summed E-state index contributed by atoms with van der Waals surface area (Å²) in [5.41, 5.74) is 0.541. The summed E-state index contributed by atoms with van der Waals surface area (Å²) in [7, 11) is -3.44. The number of nitrogens with zero attached hydrogens (tertiary/aromatic N) is 1. The zero-order chi connectivity index (χ0) is 17.8. The predicted molar refractivity (Wildman–Crippen MR) is 96.4 cm³/mol. The van der Waals surface area contributed by atoms with Crippen LogP contribution < -0.4 is 5.32 Å². The van der Waals surface area contributed by atoms with E-state index in [9.17, 15) is 13.2 Å². The molecule has 0 atom stereocenters. The van der Waals surface area contributed by atoms with Crippen molar-refractivity contribution in [2.75, 3.05) is 18.4 Å². The molecular formula is C18H28N2O3S. The van der Waals surface area contributed by atoms with Gasteiger partial charge in [-0.2, -0.15) is 4.31 Å². The first-order chi connectivity index (χ1) is 11.2. The number of carbonyl (C=O) groups excluding carboxylic acids is 1. The van der Waals surface area contributed by atoms with Gasteiger partial charge in [0.2, 0.25) is 15.9 Å². The molecule has 2 rings (SSSR count). The van der Waals surface area contributed by atoms with Crippen LogP contribution in [-0.2, 0) is 14.8 Å². The van der Waals surface area contributed by atoms with Gasteiger partial charge in [-0.05, 0) is 42.5 Å². The van der Waals surface area contributed by atoms with Gasteiger partial charge in [0, 0.05) is 25.2 Å². The lowest BCUT2D eigenvalue weighted by atomic mass is 9.92. The lowest BCUT2D eigenvalue weighted by Crippen LogP contribution is -2.31. The highest BCUT2D eigenvalue weighted by Crippen LogP contribution is 2.23. The molecule has 1 fully saturated rings. The average molecular weight is 353 g/mol. The summed E-state index contributed by atoms with van der Waals surface area (Å²) in [4.78, 5) is 12.2. The molecule has 0 spiro atoms. The second kappa shape index (κ2) is 7.66. The summed E-state index contributed by atoms with van der Waals surface area (Å²) in [6.07, 6.45) is 4.43. The number of hydrogen-bond acceptors (Lipinski definition) is 3. The quantitative estimate of drug-likeness (QED) is 0.900. The number of benzene rings is 1. The largest absolute Gasteiger partial charge is 0.326 e. The maximum atomic E-state index is 12.7. The fraction of sp³-hybridized carbons (Fsp3) is 0.611. The van der Waals surface area contributed by atoms with Crippen LogP contribution in [0.15, 0.2) is 29.2 Å². The zero-order valence-electron chi connectivity index (χ0n) is 14.8. The molecule has 5 nitrogen and oxygen atoms in total. The van der Waals surface area contributed by atoms with E-state index in [1.165, 1.54) is 0 Å². The van der Waals surface area contributed by atoms with E-state index >= 15 is 0 Å². The molecule has 134 valence electrons. The normalized spacial score (nSPS) is 17.3. The standard InChI is InChI=1S/C18H28N2O3S/c1-18(2,3)14-17(21)19-15-8-10-16(11-9-15)24(22,23)20-12-6-4-5-7-13-20/h8-11H,4-7,12-14H2,1-3H3,(H,19,21). The van der Waals surface area contributed by atoms with Crippen LogP contribution >= 0.6 is 0 Å². The van der Waals surface area contributed by atoms with Crippen LogP contribution in [0.2, 0.25) is 0 Å². The molecule has 24 heavy (non-hydrogen) atoms. The van der Waals surface area contributed by atoms with Crippen molar-refractivity contribution >= 4 is 21.6 Å². The van der Waals surface area contributed by atoms with Gasteiger partial charge in [0.15, 0.2) is 0 Å². The molecule has 0 unspecified atom stereocenters. The van der Waals surface area contributed by atoms with Crippen LogP contribution in [0.1, 0.15) is 52.9 Å². The monoisotopic (exact) mass is 352 g/mol. The van der Waals surface area contributed by atoms with Gasteiger partial charge in [0.1, 0.15) is 0 Å². The first-order valence-electron chi connectivity index (χ1n) is 8.59. The zero-order valence-corrected chi connectivity index (χ0v) is 15.7. The molecule has 1 saturated heterocycles. The lowest BCUT2D eigenvalue weighted by molar-refractivity contribution is -0.117. The fourth-order valence-electron chi connectivity index (χ4n) is 2.83. The Kier molecular flexibility index (Phi) is 6.04. The SMILES string of the molecule is CC(C)(C)CC(=O)Nc1ccc(S(=O)(=O)N2CCCCCC2)cc1. The summed E-state index contributed by atoms with van der Waals surface area (Å²) < 4.78 is 27.0. The van der Waals surface area contributed by atoms with E-state index in [1.807, 2.05) is 20.8 Å². The summed E-state index contributed by atoms with van der Waals surface area (Å²) >= 11 is 0. The van der Waals surface area contributed by atoms with Crippen LogP contribution in [0.25, 0.3) is 0 Å². The maximum Gasteiger partial charge on any atom is 0.243 e. The van der Waals surface area contributed by atoms with Gasteiger partial charge in [-0.3, -0.25) is 4.79 Å². The molecule has 0 saturated carbocycles. The molecular weight excluding hydrogens is 324 g/mol. The number of carbonyl (C=O) groups is 1. The third-order valence-electron chi connectivity index (χ3n) is 4.03. The minimum absolute atomic E-state index is 0.0642. The smallest absolute Gasteiger partial charge is 0.243 e. The van der Waals surface area contributed by atoms with Crippen LogP contribution in [0.3, 0.4) is 0 Å². The van der Waals surface area contributed by atoms with Crippen LogP contribution in [0, 0.1) is 5.41 Å². The Hall–Kier alpha value is -1.40. The Morgan fingerprint density at radius 2 is 1.58 bits per heavy atom. The molecule has 0 aliphatic carbocycles. The van der Waals surface area contributed by atoms with Crippen molar-refractivity contribution in [2.45, 2.75) is 57.8 Å². The minimum Gasteiger partial charge on any atom is -0.326 e. The molecule has 1 amide bonds. The molecule has 1 aliphatic rings. The van der Waals surface area contributed by atoms with Crippen molar-refractivity contribution in [2.24, 2.45) is 5.41 Å². The average Bonchev–Trinajstić information content (AvgIpc) is 2.75. The Bertz CT molecular complexity index is 652. The van der Waals surface area contributed by atoms with Crippen LogP contribution in [0.5, 0.6) is 0 Å². The third-order valence-corrected chi connectivity index (χ3v) is 5.94. The maximum absolute atomic E-state index is 12.7. The number of anilines is 1. The second-order valence-electron chi connectivity index (χ2n) is 7.63. The Morgan fingerprint density at radius 1 is 1.04 bits per heavy atom. The van der Waals surface area contributed by atoms with E-state index in [0.29, 0.717) is 30.1 Å². The lowest BCUT2D eigenvalue weighted by Gasteiger charge is -2.20. The number of sulfonamides is 1. The molecule has 6 heteroatoms. The van der Waals surface area contributed by atoms with Crippen molar-refractivity contribution < 1.29 is 13.2 Å². The highest BCUT2D eigenvalue weighted by atomic mass is 32.2. The summed E-state index contributed by atoms with van der Waals surface area (Å²) in [6, 6.07) is 6.47. The summed E-state index contributed by atoms with van der Waals surface area (Å²) in [5.74, 6) is -0.0642. The second-order valence-corrected chi connectivity index (χ2v) is 9.57.